The molecule has 0 radical (unpaired) electrons. The number of ether oxygens (including phenoxy) is 5. The Kier molecular flexibility index (Phi) is 21.5. The standard InChI is InChI=1S/C13H28O5.C4H10O3/c1-10(6-14)16-8-12(3)18-9-13(4)17-7-11(2)15-5;5-1-3-7-4-2-6/h10-14H,6-9H2,1-5H3;5-6H,1-4H2. The van der Waals surface area contributed by atoms with E-state index in [2.05, 4.69) is 4.74 Å². The molecule has 4 unspecified atom stereocenters. The summed E-state index contributed by atoms with van der Waals surface area (Å²) in [5, 5.41) is 25.0. The normalized spacial score (nSPS) is 15.8. The van der Waals surface area contributed by atoms with Gasteiger partial charge in [-0.1, -0.05) is 0 Å². The van der Waals surface area contributed by atoms with Crippen LogP contribution in [0.3, 0.4) is 0 Å². The van der Waals surface area contributed by atoms with E-state index in [1.165, 1.54) is 0 Å². The lowest BCUT2D eigenvalue weighted by Crippen LogP contribution is -2.27. The van der Waals surface area contributed by atoms with Gasteiger partial charge in [-0.3, -0.25) is 0 Å². The summed E-state index contributed by atoms with van der Waals surface area (Å²) in [6.07, 6.45) is -0.0314. The molecule has 0 aliphatic heterocycles. The van der Waals surface area contributed by atoms with E-state index in [0.717, 1.165) is 0 Å². The first kappa shape index (κ1) is 26.9. The van der Waals surface area contributed by atoms with Gasteiger partial charge in [0.05, 0.1) is 77.3 Å². The summed E-state index contributed by atoms with van der Waals surface area (Å²) in [6, 6.07) is 0. The van der Waals surface area contributed by atoms with Crippen molar-refractivity contribution in [3.8, 4) is 0 Å². The van der Waals surface area contributed by atoms with Gasteiger partial charge in [0.2, 0.25) is 0 Å². The Morgan fingerprint density at radius 3 is 1.40 bits per heavy atom. The van der Waals surface area contributed by atoms with Crippen LogP contribution in [-0.4, -0.2) is 99.7 Å². The zero-order chi connectivity index (χ0) is 19.5. The highest BCUT2D eigenvalue weighted by atomic mass is 16.6. The van der Waals surface area contributed by atoms with Crippen LogP contribution in [0.2, 0.25) is 0 Å². The second kappa shape index (κ2) is 20.0. The van der Waals surface area contributed by atoms with Gasteiger partial charge >= 0.3 is 0 Å². The van der Waals surface area contributed by atoms with Gasteiger partial charge in [-0.2, -0.15) is 0 Å². The van der Waals surface area contributed by atoms with Gasteiger partial charge in [-0.25, -0.2) is 0 Å². The Morgan fingerprint density at radius 1 is 0.640 bits per heavy atom. The minimum atomic E-state index is -0.146. The van der Waals surface area contributed by atoms with E-state index in [4.69, 9.17) is 34.3 Å². The van der Waals surface area contributed by atoms with Crippen molar-refractivity contribution in [3.63, 3.8) is 0 Å². The van der Waals surface area contributed by atoms with Crippen LogP contribution < -0.4 is 0 Å². The molecular weight excluding hydrogens is 332 g/mol. The van der Waals surface area contributed by atoms with Crippen LogP contribution in [-0.2, 0) is 23.7 Å². The minimum Gasteiger partial charge on any atom is -0.394 e. The summed E-state index contributed by atoms with van der Waals surface area (Å²) >= 11 is 0. The Hall–Kier alpha value is -0.320. The highest BCUT2D eigenvalue weighted by Gasteiger charge is 2.10. The number of hydrogen-bond acceptors (Lipinski definition) is 8. The molecule has 0 saturated heterocycles. The van der Waals surface area contributed by atoms with Crippen LogP contribution in [0.4, 0.5) is 0 Å². The predicted octanol–water partition coefficient (Wildman–Crippen LogP) is 0.217. The molecule has 25 heavy (non-hydrogen) atoms. The molecule has 0 spiro atoms. The van der Waals surface area contributed by atoms with Gasteiger partial charge < -0.3 is 39.0 Å². The fourth-order valence-corrected chi connectivity index (χ4v) is 1.35. The summed E-state index contributed by atoms with van der Waals surface area (Å²) < 4.78 is 26.2. The first-order valence-corrected chi connectivity index (χ1v) is 8.69. The summed E-state index contributed by atoms with van der Waals surface area (Å²) in [5.74, 6) is 0. The summed E-state index contributed by atoms with van der Waals surface area (Å²) in [7, 11) is 1.66. The van der Waals surface area contributed by atoms with E-state index in [1.807, 2.05) is 27.7 Å². The molecule has 8 heteroatoms. The zero-order valence-corrected chi connectivity index (χ0v) is 16.3. The van der Waals surface area contributed by atoms with Gasteiger partial charge in [0.25, 0.3) is 0 Å². The number of methoxy groups -OCH3 is 1. The van der Waals surface area contributed by atoms with Crippen LogP contribution in [0.15, 0.2) is 0 Å². The smallest absolute Gasteiger partial charge is 0.0781 e. The lowest BCUT2D eigenvalue weighted by atomic mass is 10.3. The Morgan fingerprint density at radius 2 is 1.04 bits per heavy atom. The van der Waals surface area contributed by atoms with Crippen molar-refractivity contribution in [2.24, 2.45) is 0 Å². The quantitative estimate of drug-likeness (QED) is 0.351. The molecule has 0 aromatic heterocycles. The highest BCUT2D eigenvalue weighted by molar-refractivity contribution is 4.55. The van der Waals surface area contributed by atoms with Crippen molar-refractivity contribution in [1.29, 1.82) is 0 Å². The SMILES string of the molecule is COC(C)COC(C)COC(C)COC(C)CO.OCCOCCO. The molecule has 0 aliphatic carbocycles. The fourth-order valence-electron chi connectivity index (χ4n) is 1.35. The summed E-state index contributed by atoms with van der Waals surface area (Å²) in [6.45, 7) is 9.97. The van der Waals surface area contributed by atoms with Crippen molar-refractivity contribution in [2.45, 2.75) is 52.1 Å². The molecule has 0 aromatic carbocycles. The van der Waals surface area contributed by atoms with E-state index >= 15 is 0 Å². The molecule has 0 aromatic rings. The predicted molar refractivity (Wildman–Crippen MR) is 94.8 cm³/mol. The van der Waals surface area contributed by atoms with Crippen molar-refractivity contribution < 1.29 is 39.0 Å². The molecular formula is C17H38O8. The third kappa shape index (κ3) is 21.6. The molecule has 0 amide bonds. The Balaban J connectivity index is 0. The summed E-state index contributed by atoms with van der Waals surface area (Å²) in [5.41, 5.74) is 0. The molecule has 0 rings (SSSR count). The average molecular weight is 370 g/mol. The van der Waals surface area contributed by atoms with Crippen LogP contribution in [0.5, 0.6) is 0 Å². The largest absolute Gasteiger partial charge is 0.394 e. The number of hydrogen-bond donors (Lipinski definition) is 3. The monoisotopic (exact) mass is 370 g/mol. The van der Waals surface area contributed by atoms with Crippen molar-refractivity contribution in [2.75, 3.05) is 60.0 Å². The van der Waals surface area contributed by atoms with Crippen molar-refractivity contribution in [1.82, 2.24) is 0 Å². The molecule has 3 N–H and O–H groups in total. The third-order valence-corrected chi connectivity index (χ3v) is 2.98. The van der Waals surface area contributed by atoms with Gasteiger partial charge in [-0.15, -0.1) is 0 Å². The van der Waals surface area contributed by atoms with E-state index in [-0.39, 0.29) is 44.2 Å². The molecule has 0 saturated carbocycles. The maximum Gasteiger partial charge on any atom is 0.0781 e. The maximum atomic E-state index is 8.81. The zero-order valence-electron chi connectivity index (χ0n) is 16.3. The van der Waals surface area contributed by atoms with Gasteiger partial charge in [0.1, 0.15) is 0 Å². The lowest BCUT2D eigenvalue weighted by molar-refractivity contribution is -0.0854. The number of rotatable bonds is 15. The fraction of sp³-hybridized carbons (Fsp3) is 1.00. The molecule has 0 heterocycles. The van der Waals surface area contributed by atoms with Crippen molar-refractivity contribution >= 4 is 0 Å². The van der Waals surface area contributed by atoms with Crippen LogP contribution in [0.1, 0.15) is 27.7 Å². The first-order valence-electron chi connectivity index (χ1n) is 8.69. The third-order valence-electron chi connectivity index (χ3n) is 2.98. The van der Waals surface area contributed by atoms with E-state index in [0.29, 0.717) is 33.0 Å². The second-order valence-electron chi connectivity index (χ2n) is 5.72. The van der Waals surface area contributed by atoms with Gasteiger partial charge in [0.15, 0.2) is 0 Å². The molecule has 154 valence electrons. The van der Waals surface area contributed by atoms with E-state index in [1.54, 1.807) is 7.11 Å². The van der Waals surface area contributed by atoms with Crippen LogP contribution >= 0.6 is 0 Å². The second-order valence-corrected chi connectivity index (χ2v) is 5.72. The Bertz CT molecular complexity index is 231. The van der Waals surface area contributed by atoms with Gasteiger partial charge in [0, 0.05) is 7.11 Å². The molecule has 8 nitrogen and oxygen atoms in total. The van der Waals surface area contributed by atoms with Crippen LogP contribution in [0.25, 0.3) is 0 Å². The molecule has 0 fully saturated rings. The lowest BCUT2D eigenvalue weighted by Gasteiger charge is -2.20. The summed E-state index contributed by atoms with van der Waals surface area (Å²) in [4.78, 5) is 0. The van der Waals surface area contributed by atoms with Crippen molar-refractivity contribution in [3.05, 3.63) is 0 Å². The first-order chi connectivity index (χ1) is 11.9. The average Bonchev–Trinajstić information content (AvgIpc) is 2.63. The topological polar surface area (TPSA) is 107 Å². The van der Waals surface area contributed by atoms with E-state index < -0.39 is 0 Å². The van der Waals surface area contributed by atoms with Crippen LogP contribution in [0, 0.1) is 0 Å². The number of aliphatic hydroxyl groups excluding tert-OH is 3. The maximum absolute atomic E-state index is 8.81. The molecule has 0 aliphatic rings. The van der Waals surface area contributed by atoms with E-state index in [9.17, 15) is 0 Å². The minimum absolute atomic E-state index is 0.00935. The highest BCUT2D eigenvalue weighted by Crippen LogP contribution is 2.01. The number of aliphatic hydroxyl groups is 3. The molecule has 4 atom stereocenters. The Labute approximate surface area is 152 Å². The molecule has 0 bridgehead atoms. The van der Waals surface area contributed by atoms with Gasteiger partial charge in [-0.05, 0) is 27.7 Å².